The average molecular weight is 477 g/mol. The van der Waals surface area contributed by atoms with Gasteiger partial charge >= 0.3 is 6.09 Å². The van der Waals surface area contributed by atoms with Crippen molar-refractivity contribution in [2.75, 3.05) is 19.6 Å². The molecular weight excluding hydrogens is 445 g/mol. The molecule has 26 heavy (non-hydrogen) atoms. The van der Waals surface area contributed by atoms with Crippen LogP contribution in [-0.2, 0) is 11.3 Å². The number of guanidine groups is 1. The number of nitrogens with zero attached hydrogens (tertiary/aromatic N) is 2. The van der Waals surface area contributed by atoms with E-state index < -0.39 is 11.7 Å². The van der Waals surface area contributed by atoms with E-state index in [1.165, 1.54) is 0 Å². The molecule has 0 saturated heterocycles. The van der Waals surface area contributed by atoms with Crippen molar-refractivity contribution in [3.05, 3.63) is 29.6 Å². The maximum absolute atomic E-state index is 11.6. The molecule has 0 aromatic carbocycles. The number of hydrogen-bond acceptors (Lipinski definition) is 4. The van der Waals surface area contributed by atoms with Crippen LogP contribution in [0.3, 0.4) is 0 Å². The van der Waals surface area contributed by atoms with Crippen LogP contribution in [0.4, 0.5) is 4.79 Å². The minimum absolute atomic E-state index is 0. The number of nitrogens with one attached hydrogen (secondary N) is 3. The number of ether oxygens (including phenoxy) is 1. The number of carbonyl (C=O) groups is 1. The molecule has 3 N–H and O–H groups in total. The number of alkyl carbamates (subject to hydrolysis) is 1. The van der Waals surface area contributed by atoms with Crippen LogP contribution in [0, 0.1) is 6.92 Å². The molecule has 8 heteroatoms. The van der Waals surface area contributed by atoms with Crippen LogP contribution in [0.25, 0.3) is 0 Å². The van der Waals surface area contributed by atoms with Crippen LogP contribution in [0.15, 0.2) is 23.3 Å². The quantitative estimate of drug-likeness (QED) is 0.243. The first kappa shape index (κ1) is 24.4. The Balaban J connectivity index is 0.00000625. The van der Waals surface area contributed by atoms with Gasteiger partial charge < -0.3 is 20.7 Å². The van der Waals surface area contributed by atoms with Crippen LogP contribution in [0.5, 0.6) is 0 Å². The minimum atomic E-state index is -0.475. The maximum Gasteiger partial charge on any atom is 0.407 e. The molecule has 0 bridgehead atoms. The minimum Gasteiger partial charge on any atom is -0.444 e. The van der Waals surface area contributed by atoms with E-state index in [2.05, 4.69) is 25.9 Å². The Kier molecular flexibility index (Phi) is 11.9. The topological polar surface area (TPSA) is 87.6 Å². The first-order chi connectivity index (χ1) is 11.8. The summed E-state index contributed by atoms with van der Waals surface area (Å²) in [5.74, 6) is 0.741. The Morgan fingerprint density at radius 3 is 2.54 bits per heavy atom. The molecule has 1 rings (SSSR count). The highest BCUT2D eigenvalue weighted by molar-refractivity contribution is 14.0. The van der Waals surface area contributed by atoms with E-state index >= 15 is 0 Å². The molecule has 0 aliphatic carbocycles. The van der Waals surface area contributed by atoms with Crippen molar-refractivity contribution in [3.8, 4) is 0 Å². The summed E-state index contributed by atoms with van der Waals surface area (Å²) in [7, 11) is 0. The number of carbonyl (C=O) groups excluding carboxylic acids is 1. The van der Waals surface area contributed by atoms with Crippen molar-refractivity contribution in [1.29, 1.82) is 0 Å². The van der Waals surface area contributed by atoms with Crippen molar-refractivity contribution >= 4 is 36.0 Å². The lowest BCUT2D eigenvalue weighted by Crippen LogP contribution is -2.39. The van der Waals surface area contributed by atoms with Crippen LogP contribution >= 0.6 is 24.0 Å². The molecule has 0 aliphatic heterocycles. The number of aryl methyl sites for hydroxylation is 1. The van der Waals surface area contributed by atoms with Gasteiger partial charge in [0.15, 0.2) is 5.96 Å². The fraction of sp³-hybridized carbons (Fsp3) is 0.611. The fourth-order valence-corrected chi connectivity index (χ4v) is 1.98. The zero-order valence-corrected chi connectivity index (χ0v) is 18.7. The Hall–Kier alpha value is -1.58. The van der Waals surface area contributed by atoms with Gasteiger partial charge in [0.1, 0.15) is 5.60 Å². The SMILES string of the molecule is CCNC(=NCc1ncccc1C)NCCCNC(=O)OC(C)(C)C.I. The second kappa shape index (κ2) is 12.7. The molecular formula is C18H32IN5O2. The normalized spacial score (nSPS) is 11.3. The van der Waals surface area contributed by atoms with Gasteiger partial charge in [-0.25, -0.2) is 9.79 Å². The van der Waals surface area contributed by atoms with Gasteiger partial charge in [-0.15, -0.1) is 24.0 Å². The average Bonchev–Trinajstić information content (AvgIpc) is 2.51. The Bertz CT molecular complexity index is 573. The maximum atomic E-state index is 11.6. The Labute approximate surface area is 173 Å². The third-order valence-corrected chi connectivity index (χ3v) is 3.16. The fourth-order valence-electron chi connectivity index (χ4n) is 1.98. The van der Waals surface area contributed by atoms with E-state index in [0.29, 0.717) is 19.6 Å². The number of amides is 1. The van der Waals surface area contributed by atoms with Gasteiger partial charge in [0, 0.05) is 25.8 Å². The van der Waals surface area contributed by atoms with Crippen molar-refractivity contribution < 1.29 is 9.53 Å². The van der Waals surface area contributed by atoms with E-state index in [1.807, 2.05) is 46.8 Å². The molecule has 7 nitrogen and oxygen atoms in total. The van der Waals surface area contributed by atoms with Crippen LogP contribution in [0.2, 0.25) is 0 Å². The standard InChI is InChI=1S/C18H31N5O2.HI/c1-6-19-16(23-13-15-14(2)9-7-10-20-15)21-11-8-12-22-17(24)25-18(3,4)5;/h7,9-10H,6,8,11-13H2,1-5H3,(H,22,24)(H2,19,21,23);1H. The van der Waals surface area contributed by atoms with Gasteiger partial charge in [-0.2, -0.15) is 0 Å². The monoisotopic (exact) mass is 477 g/mol. The van der Waals surface area contributed by atoms with Crippen LogP contribution in [0.1, 0.15) is 45.4 Å². The summed E-state index contributed by atoms with van der Waals surface area (Å²) in [5, 5.41) is 9.19. The van der Waals surface area contributed by atoms with Gasteiger partial charge in [0.25, 0.3) is 0 Å². The molecule has 148 valence electrons. The number of rotatable bonds is 7. The molecule has 1 amide bonds. The summed E-state index contributed by atoms with van der Waals surface area (Å²) in [5.41, 5.74) is 1.62. The molecule has 0 spiro atoms. The summed E-state index contributed by atoms with van der Waals surface area (Å²) < 4.78 is 5.19. The highest BCUT2D eigenvalue weighted by Gasteiger charge is 2.15. The lowest BCUT2D eigenvalue weighted by Gasteiger charge is -2.19. The third-order valence-electron chi connectivity index (χ3n) is 3.16. The number of hydrogen-bond donors (Lipinski definition) is 3. The summed E-state index contributed by atoms with van der Waals surface area (Å²) in [6, 6.07) is 3.95. The first-order valence-electron chi connectivity index (χ1n) is 8.71. The summed E-state index contributed by atoms with van der Waals surface area (Å²) in [6.45, 7) is 12.1. The van der Waals surface area contributed by atoms with E-state index in [-0.39, 0.29) is 24.0 Å². The predicted octanol–water partition coefficient (Wildman–Crippen LogP) is 2.98. The van der Waals surface area contributed by atoms with Crippen molar-refractivity contribution in [1.82, 2.24) is 20.9 Å². The van der Waals surface area contributed by atoms with Gasteiger partial charge in [0.05, 0.1) is 12.2 Å². The summed E-state index contributed by atoms with van der Waals surface area (Å²) in [4.78, 5) is 20.4. The predicted molar refractivity (Wildman–Crippen MR) is 116 cm³/mol. The summed E-state index contributed by atoms with van der Waals surface area (Å²) in [6.07, 6.45) is 2.16. The molecule has 0 aliphatic rings. The van der Waals surface area contributed by atoms with Gasteiger partial charge in [-0.05, 0) is 52.7 Å². The number of aliphatic imine (C=N–C) groups is 1. The van der Waals surface area contributed by atoms with E-state index in [0.717, 1.165) is 30.2 Å². The van der Waals surface area contributed by atoms with Crippen LogP contribution in [-0.4, -0.2) is 42.3 Å². The van der Waals surface area contributed by atoms with Gasteiger partial charge in [0.2, 0.25) is 0 Å². The highest BCUT2D eigenvalue weighted by Crippen LogP contribution is 2.06. The van der Waals surface area contributed by atoms with Crippen molar-refractivity contribution in [2.24, 2.45) is 4.99 Å². The van der Waals surface area contributed by atoms with Gasteiger partial charge in [-0.1, -0.05) is 6.07 Å². The molecule has 0 fully saturated rings. The molecule has 1 aromatic rings. The lowest BCUT2D eigenvalue weighted by molar-refractivity contribution is 0.0527. The molecule has 1 aromatic heterocycles. The Morgan fingerprint density at radius 2 is 1.92 bits per heavy atom. The summed E-state index contributed by atoms with van der Waals surface area (Å²) >= 11 is 0. The number of aromatic nitrogens is 1. The molecule has 1 heterocycles. The van der Waals surface area contributed by atoms with Crippen molar-refractivity contribution in [3.63, 3.8) is 0 Å². The van der Waals surface area contributed by atoms with E-state index in [9.17, 15) is 4.79 Å². The molecule has 0 atom stereocenters. The Morgan fingerprint density at radius 1 is 1.23 bits per heavy atom. The molecule has 0 radical (unpaired) electrons. The largest absolute Gasteiger partial charge is 0.444 e. The zero-order chi connectivity index (χ0) is 18.7. The lowest BCUT2D eigenvalue weighted by atomic mass is 10.2. The second-order valence-electron chi connectivity index (χ2n) is 6.67. The smallest absolute Gasteiger partial charge is 0.407 e. The third kappa shape index (κ3) is 11.1. The highest BCUT2D eigenvalue weighted by atomic mass is 127. The first-order valence-corrected chi connectivity index (χ1v) is 8.71. The van der Waals surface area contributed by atoms with E-state index in [1.54, 1.807) is 6.20 Å². The molecule has 0 unspecified atom stereocenters. The second-order valence-corrected chi connectivity index (χ2v) is 6.67. The number of pyridine rings is 1. The molecule has 0 saturated carbocycles. The zero-order valence-electron chi connectivity index (χ0n) is 16.4. The van der Waals surface area contributed by atoms with Crippen LogP contribution < -0.4 is 16.0 Å². The van der Waals surface area contributed by atoms with E-state index in [4.69, 9.17) is 4.74 Å². The van der Waals surface area contributed by atoms with Gasteiger partial charge in [-0.3, -0.25) is 4.98 Å². The van der Waals surface area contributed by atoms with Crippen molar-refractivity contribution in [2.45, 2.75) is 53.2 Å². The number of halogens is 1.